The van der Waals surface area contributed by atoms with Gasteiger partial charge in [0.25, 0.3) is 0 Å². The zero-order valence-corrected chi connectivity index (χ0v) is 16.0. The summed E-state index contributed by atoms with van der Waals surface area (Å²) in [6, 6.07) is 12.6. The second-order valence-corrected chi connectivity index (χ2v) is 7.36. The molecule has 1 aromatic carbocycles. The molecule has 146 valence electrons. The molecule has 0 aliphatic carbocycles. The number of hydrogen-bond acceptors (Lipinski definition) is 5. The minimum absolute atomic E-state index is 0.449. The Balaban J connectivity index is 1.45. The van der Waals surface area contributed by atoms with E-state index in [-0.39, 0.29) is 0 Å². The van der Waals surface area contributed by atoms with E-state index in [4.69, 9.17) is 5.73 Å². The number of anilines is 1. The number of nitrogens with one attached hydrogen (secondary N) is 2. The molecule has 29 heavy (non-hydrogen) atoms. The van der Waals surface area contributed by atoms with Crippen molar-refractivity contribution in [1.29, 1.82) is 0 Å². The van der Waals surface area contributed by atoms with Crippen LogP contribution in [0.15, 0.2) is 61.2 Å². The molecule has 0 radical (unpaired) electrons. The molecule has 0 saturated carbocycles. The van der Waals surface area contributed by atoms with Crippen LogP contribution in [0.5, 0.6) is 0 Å². The fraction of sp³-hybridized carbons (Fsp3) is 0.227. The lowest BCUT2D eigenvalue weighted by Gasteiger charge is -2.22. The number of hydrogen-bond donors (Lipinski definition) is 3. The first-order valence-electron chi connectivity index (χ1n) is 9.89. The lowest BCUT2D eigenvalue weighted by molar-refractivity contribution is 0.343. The summed E-state index contributed by atoms with van der Waals surface area (Å²) in [4.78, 5) is 12.3. The third-order valence-corrected chi connectivity index (χ3v) is 5.45. The van der Waals surface area contributed by atoms with E-state index in [2.05, 4.69) is 36.2 Å². The van der Waals surface area contributed by atoms with Crippen molar-refractivity contribution in [2.24, 2.45) is 0 Å². The molecule has 5 rings (SSSR count). The van der Waals surface area contributed by atoms with Gasteiger partial charge in [-0.25, -0.2) is 9.97 Å². The van der Waals surface area contributed by atoms with E-state index in [1.807, 2.05) is 48.8 Å². The zero-order valence-electron chi connectivity index (χ0n) is 16.0. The molecule has 0 atom stereocenters. The lowest BCUT2D eigenvalue weighted by Crippen LogP contribution is -2.29. The van der Waals surface area contributed by atoms with E-state index in [1.54, 1.807) is 6.20 Å². The molecule has 4 N–H and O–H groups in total. The van der Waals surface area contributed by atoms with Crippen LogP contribution in [0.4, 0.5) is 5.82 Å². The van der Waals surface area contributed by atoms with Gasteiger partial charge in [0.15, 0.2) is 0 Å². The Kier molecular flexibility index (Phi) is 4.57. The van der Waals surface area contributed by atoms with Crippen LogP contribution in [0.1, 0.15) is 18.9 Å². The van der Waals surface area contributed by atoms with Crippen molar-refractivity contribution in [2.45, 2.75) is 18.9 Å². The van der Waals surface area contributed by atoms with Gasteiger partial charge in [0.2, 0.25) is 0 Å². The number of imidazole rings is 1. The quantitative estimate of drug-likeness (QED) is 0.499. The van der Waals surface area contributed by atoms with Crippen LogP contribution in [0.2, 0.25) is 0 Å². The zero-order chi connectivity index (χ0) is 19.6. The Bertz CT molecular complexity index is 1110. The maximum absolute atomic E-state index is 6.17. The van der Waals surface area contributed by atoms with Crippen LogP contribution in [-0.2, 0) is 0 Å². The number of rotatable bonds is 4. The number of aromatic amines is 1. The van der Waals surface area contributed by atoms with E-state index in [1.165, 1.54) is 0 Å². The molecule has 0 unspecified atom stereocenters. The number of nitrogen functional groups attached to an aromatic ring is 1. The Morgan fingerprint density at radius 2 is 1.76 bits per heavy atom. The molecular weight excluding hydrogens is 362 g/mol. The molecule has 4 aromatic rings. The van der Waals surface area contributed by atoms with Gasteiger partial charge in [-0.15, -0.1) is 0 Å². The maximum atomic E-state index is 6.17. The number of aromatic nitrogens is 5. The van der Waals surface area contributed by atoms with Crippen molar-refractivity contribution in [3.05, 3.63) is 61.2 Å². The van der Waals surface area contributed by atoms with Crippen molar-refractivity contribution in [2.75, 3.05) is 18.8 Å². The van der Waals surface area contributed by atoms with Gasteiger partial charge < -0.3 is 16.0 Å². The van der Waals surface area contributed by atoms with Crippen LogP contribution in [0.3, 0.4) is 0 Å². The summed E-state index contributed by atoms with van der Waals surface area (Å²) in [6.07, 6.45) is 9.82. The van der Waals surface area contributed by atoms with E-state index < -0.39 is 0 Å². The van der Waals surface area contributed by atoms with Gasteiger partial charge in [0.05, 0.1) is 29.7 Å². The molecule has 0 amide bonds. The molecule has 1 fully saturated rings. The van der Waals surface area contributed by atoms with Crippen LogP contribution < -0.4 is 11.1 Å². The van der Waals surface area contributed by atoms with Crippen molar-refractivity contribution in [1.82, 2.24) is 30.0 Å². The highest BCUT2D eigenvalue weighted by Crippen LogP contribution is 2.30. The fourth-order valence-electron chi connectivity index (χ4n) is 3.80. The van der Waals surface area contributed by atoms with Crippen molar-refractivity contribution in [3.8, 4) is 33.8 Å². The first-order valence-corrected chi connectivity index (χ1v) is 9.89. The van der Waals surface area contributed by atoms with Gasteiger partial charge in [-0.2, -0.15) is 5.10 Å². The third-order valence-electron chi connectivity index (χ3n) is 5.45. The standard InChI is InChI=1S/C22H23N7/c23-21-19(22-26-13-20(28-22)15-4-2-1-3-5-15)10-16(11-25-21)17-12-27-29(14-17)18-6-8-24-9-7-18/h1-5,10-14,18,24H,6-9H2,(H2,23,25)(H,26,28). The highest BCUT2D eigenvalue weighted by molar-refractivity contribution is 5.76. The van der Waals surface area contributed by atoms with Crippen molar-refractivity contribution in [3.63, 3.8) is 0 Å². The van der Waals surface area contributed by atoms with Crippen LogP contribution >= 0.6 is 0 Å². The van der Waals surface area contributed by atoms with Crippen LogP contribution in [0.25, 0.3) is 33.8 Å². The molecule has 7 nitrogen and oxygen atoms in total. The highest BCUT2D eigenvalue weighted by Gasteiger charge is 2.17. The minimum atomic E-state index is 0.449. The van der Waals surface area contributed by atoms with Gasteiger partial charge in [-0.05, 0) is 37.6 Å². The van der Waals surface area contributed by atoms with Crippen LogP contribution in [0, 0.1) is 0 Å². The first-order chi connectivity index (χ1) is 14.3. The number of benzene rings is 1. The molecule has 4 heterocycles. The van der Waals surface area contributed by atoms with Gasteiger partial charge >= 0.3 is 0 Å². The van der Waals surface area contributed by atoms with Crippen LogP contribution in [-0.4, -0.2) is 37.8 Å². The van der Waals surface area contributed by atoms with E-state index in [0.29, 0.717) is 17.7 Å². The summed E-state index contributed by atoms with van der Waals surface area (Å²) in [5, 5.41) is 7.98. The Morgan fingerprint density at radius 3 is 2.59 bits per heavy atom. The summed E-state index contributed by atoms with van der Waals surface area (Å²) < 4.78 is 2.08. The molecule has 1 aliphatic heterocycles. The minimum Gasteiger partial charge on any atom is -0.383 e. The Hall–Kier alpha value is -3.45. The average molecular weight is 385 g/mol. The summed E-state index contributed by atoms with van der Waals surface area (Å²) >= 11 is 0. The second kappa shape index (κ2) is 7.52. The molecule has 0 bridgehead atoms. The number of pyridine rings is 1. The summed E-state index contributed by atoms with van der Waals surface area (Å²) in [7, 11) is 0. The van der Waals surface area contributed by atoms with Gasteiger partial charge in [-0.1, -0.05) is 30.3 Å². The molecule has 1 saturated heterocycles. The topological polar surface area (TPSA) is 97.4 Å². The van der Waals surface area contributed by atoms with Gasteiger partial charge in [0.1, 0.15) is 11.6 Å². The number of nitrogens with two attached hydrogens (primary N) is 1. The number of nitrogens with zero attached hydrogens (tertiary/aromatic N) is 4. The number of H-pyrrole nitrogens is 1. The summed E-state index contributed by atoms with van der Waals surface area (Å²) in [6.45, 7) is 2.07. The average Bonchev–Trinajstić information content (AvgIpc) is 3.46. The smallest absolute Gasteiger partial charge is 0.141 e. The predicted molar refractivity (Wildman–Crippen MR) is 114 cm³/mol. The Morgan fingerprint density at radius 1 is 0.931 bits per heavy atom. The highest BCUT2D eigenvalue weighted by atomic mass is 15.3. The third kappa shape index (κ3) is 3.52. The van der Waals surface area contributed by atoms with Crippen molar-refractivity contribution < 1.29 is 0 Å². The Labute approximate surface area is 169 Å². The molecule has 3 aromatic heterocycles. The largest absolute Gasteiger partial charge is 0.383 e. The normalized spacial score (nSPS) is 14.9. The second-order valence-electron chi connectivity index (χ2n) is 7.36. The van der Waals surface area contributed by atoms with E-state index in [9.17, 15) is 0 Å². The van der Waals surface area contributed by atoms with E-state index in [0.717, 1.165) is 53.9 Å². The number of piperidine rings is 1. The monoisotopic (exact) mass is 385 g/mol. The fourth-order valence-corrected chi connectivity index (χ4v) is 3.80. The van der Waals surface area contributed by atoms with E-state index >= 15 is 0 Å². The van der Waals surface area contributed by atoms with Gasteiger partial charge in [-0.3, -0.25) is 4.68 Å². The van der Waals surface area contributed by atoms with Gasteiger partial charge in [0, 0.05) is 23.5 Å². The first kappa shape index (κ1) is 17.6. The molecule has 7 heteroatoms. The maximum Gasteiger partial charge on any atom is 0.141 e. The molecular formula is C22H23N7. The predicted octanol–water partition coefficient (Wildman–Crippen LogP) is 3.51. The van der Waals surface area contributed by atoms with Crippen molar-refractivity contribution >= 4 is 5.82 Å². The molecule has 1 aliphatic rings. The molecule has 0 spiro atoms. The lowest BCUT2D eigenvalue weighted by atomic mass is 10.1. The summed E-state index contributed by atoms with van der Waals surface area (Å²) in [5.74, 6) is 1.16. The summed E-state index contributed by atoms with van der Waals surface area (Å²) in [5.41, 5.74) is 11.0. The SMILES string of the molecule is Nc1ncc(-c2cnn(C3CCNCC3)c2)cc1-c1ncc(-c2ccccc2)[nH]1.